The zero-order chi connectivity index (χ0) is 11.5. The Hall–Kier alpha value is -0.710. The minimum absolute atomic E-state index is 0. The van der Waals surface area contributed by atoms with Crippen LogP contribution >= 0.6 is 12.4 Å². The molecule has 1 aliphatic rings. The molecule has 0 unspecified atom stereocenters. The molecule has 1 aliphatic heterocycles. The van der Waals surface area contributed by atoms with Gasteiger partial charge in [0.2, 0.25) is 0 Å². The van der Waals surface area contributed by atoms with Gasteiger partial charge in [0.1, 0.15) is 11.6 Å². The van der Waals surface area contributed by atoms with Crippen molar-refractivity contribution < 1.29 is 8.78 Å². The van der Waals surface area contributed by atoms with Gasteiger partial charge in [-0.3, -0.25) is 4.90 Å². The molecule has 1 heterocycles. The SMILES string of the molecule is Cl.NC1CCN(Cc2cc(F)cc(F)c2)CC1. The van der Waals surface area contributed by atoms with Crippen molar-refractivity contribution in [3.05, 3.63) is 35.4 Å². The number of benzene rings is 1. The molecule has 0 radical (unpaired) electrons. The third-order valence-corrected chi connectivity index (χ3v) is 2.96. The molecular weight excluding hydrogens is 246 g/mol. The molecule has 17 heavy (non-hydrogen) atoms. The predicted octanol–water partition coefficient (Wildman–Crippen LogP) is 2.31. The molecule has 5 heteroatoms. The lowest BCUT2D eigenvalue weighted by Crippen LogP contribution is -2.39. The zero-order valence-electron chi connectivity index (χ0n) is 9.53. The lowest BCUT2D eigenvalue weighted by Gasteiger charge is -2.30. The number of piperidine rings is 1. The van der Waals surface area contributed by atoms with Gasteiger partial charge in [-0.1, -0.05) is 0 Å². The first-order valence-corrected chi connectivity index (χ1v) is 5.56. The van der Waals surface area contributed by atoms with Gasteiger partial charge in [-0.15, -0.1) is 12.4 Å². The van der Waals surface area contributed by atoms with E-state index in [1.807, 2.05) is 0 Å². The molecule has 2 N–H and O–H groups in total. The molecule has 0 amide bonds. The maximum atomic E-state index is 13.0. The number of likely N-dealkylation sites (tertiary alicyclic amines) is 1. The van der Waals surface area contributed by atoms with E-state index in [0.717, 1.165) is 32.0 Å². The van der Waals surface area contributed by atoms with E-state index in [9.17, 15) is 8.78 Å². The minimum Gasteiger partial charge on any atom is -0.328 e. The Labute approximate surface area is 106 Å². The van der Waals surface area contributed by atoms with Crippen LogP contribution in [0.4, 0.5) is 8.78 Å². The summed E-state index contributed by atoms with van der Waals surface area (Å²) in [6.07, 6.45) is 1.91. The highest BCUT2D eigenvalue weighted by Gasteiger charge is 2.16. The van der Waals surface area contributed by atoms with E-state index in [2.05, 4.69) is 4.90 Å². The molecule has 0 bridgehead atoms. The van der Waals surface area contributed by atoms with Gasteiger partial charge in [-0.05, 0) is 43.6 Å². The van der Waals surface area contributed by atoms with E-state index >= 15 is 0 Å². The van der Waals surface area contributed by atoms with Crippen LogP contribution in [0.5, 0.6) is 0 Å². The second-order valence-electron chi connectivity index (χ2n) is 4.39. The molecule has 1 aromatic rings. The van der Waals surface area contributed by atoms with E-state index in [4.69, 9.17) is 5.73 Å². The first-order valence-electron chi connectivity index (χ1n) is 5.56. The summed E-state index contributed by atoms with van der Waals surface area (Å²) in [5, 5.41) is 0. The first-order chi connectivity index (χ1) is 7.63. The fraction of sp³-hybridized carbons (Fsp3) is 0.500. The van der Waals surface area contributed by atoms with Crippen LogP contribution in [-0.4, -0.2) is 24.0 Å². The largest absolute Gasteiger partial charge is 0.328 e. The summed E-state index contributed by atoms with van der Waals surface area (Å²) in [7, 11) is 0. The monoisotopic (exact) mass is 262 g/mol. The summed E-state index contributed by atoms with van der Waals surface area (Å²) in [5.41, 5.74) is 6.48. The average Bonchev–Trinajstić information content (AvgIpc) is 2.20. The summed E-state index contributed by atoms with van der Waals surface area (Å²) >= 11 is 0. The molecule has 0 spiro atoms. The molecule has 1 fully saturated rings. The zero-order valence-corrected chi connectivity index (χ0v) is 10.4. The van der Waals surface area contributed by atoms with Gasteiger partial charge >= 0.3 is 0 Å². The van der Waals surface area contributed by atoms with Crippen LogP contribution < -0.4 is 5.73 Å². The van der Waals surface area contributed by atoms with Crippen LogP contribution in [0.1, 0.15) is 18.4 Å². The van der Waals surface area contributed by atoms with Crippen LogP contribution in [0, 0.1) is 11.6 Å². The quantitative estimate of drug-likeness (QED) is 0.886. The number of halogens is 3. The van der Waals surface area contributed by atoms with E-state index in [0.29, 0.717) is 12.1 Å². The molecular formula is C12H17ClF2N2. The Morgan fingerprint density at radius 1 is 1.12 bits per heavy atom. The molecule has 0 aromatic heterocycles. The lowest BCUT2D eigenvalue weighted by molar-refractivity contribution is 0.205. The van der Waals surface area contributed by atoms with Crippen molar-refractivity contribution in [3.8, 4) is 0 Å². The van der Waals surface area contributed by atoms with Gasteiger partial charge in [-0.25, -0.2) is 8.78 Å². The summed E-state index contributed by atoms with van der Waals surface area (Å²) < 4.78 is 25.9. The van der Waals surface area contributed by atoms with Crippen molar-refractivity contribution in [1.29, 1.82) is 0 Å². The van der Waals surface area contributed by atoms with Gasteiger partial charge in [-0.2, -0.15) is 0 Å². The molecule has 2 nitrogen and oxygen atoms in total. The smallest absolute Gasteiger partial charge is 0.126 e. The summed E-state index contributed by atoms with van der Waals surface area (Å²) in [4.78, 5) is 2.18. The Morgan fingerprint density at radius 2 is 1.65 bits per heavy atom. The molecule has 0 saturated carbocycles. The summed E-state index contributed by atoms with van der Waals surface area (Å²) in [6, 6.07) is 3.95. The molecule has 2 rings (SSSR count). The number of nitrogens with zero attached hydrogens (tertiary/aromatic N) is 1. The van der Waals surface area contributed by atoms with Crippen molar-refractivity contribution >= 4 is 12.4 Å². The normalized spacial score (nSPS) is 17.8. The molecule has 0 aliphatic carbocycles. The van der Waals surface area contributed by atoms with Crippen LogP contribution in [0.25, 0.3) is 0 Å². The van der Waals surface area contributed by atoms with E-state index in [1.165, 1.54) is 12.1 Å². The fourth-order valence-corrected chi connectivity index (χ4v) is 2.07. The highest BCUT2D eigenvalue weighted by Crippen LogP contribution is 2.14. The van der Waals surface area contributed by atoms with Crippen molar-refractivity contribution in [2.24, 2.45) is 5.73 Å². The Morgan fingerprint density at radius 3 is 2.18 bits per heavy atom. The second-order valence-corrected chi connectivity index (χ2v) is 4.39. The topological polar surface area (TPSA) is 29.3 Å². The Bertz CT molecular complexity index is 345. The van der Waals surface area contributed by atoms with E-state index < -0.39 is 11.6 Å². The van der Waals surface area contributed by atoms with Crippen LogP contribution in [0.2, 0.25) is 0 Å². The van der Waals surface area contributed by atoms with Crippen molar-refractivity contribution in [2.75, 3.05) is 13.1 Å². The van der Waals surface area contributed by atoms with E-state index in [1.54, 1.807) is 0 Å². The summed E-state index contributed by atoms with van der Waals surface area (Å²) in [5.74, 6) is -1.02. The van der Waals surface area contributed by atoms with Crippen LogP contribution in [-0.2, 0) is 6.54 Å². The number of hydrogen-bond donors (Lipinski definition) is 1. The van der Waals surface area contributed by atoms with Gasteiger partial charge in [0.05, 0.1) is 0 Å². The Kier molecular flexibility index (Phi) is 5.31. The highest BCUT2D eigenvalue weighted by molar-refractivity contribution is 5.85. The van der Waals surface area contributed by atoms with Gasteiger partial charge < -0.3 is 5.73 Å². The van der Waals surface area contributed by atoms with E-state index in [-0.39, 0.29) is 18.4 Å². The summed E-state index contributed by atoms with van der Waals surface area (Å²) in [6.45, 7) is 2.40. The maximum absolute atomic E-state index is 13.0. The highest BCUT2D eigenvalue weighted by atomic mass is 35.5. The first kappa shape index (κ1) is 14.4. The molecule has 1 aromatic carbocycles. The van der Waals surface area contributed by atoms with Crippen molar-refractivity contribution in [1.82, 2.24) is 4.90 Å². The van der Waals surface area contributed by atoms with Gasteiger partial charge in [0.15, 0.2) is 0 Å². The predicted molar refractivity (Wildman–Crippen MR) is 66.1 cm³/mol. The fourth-order valence-electron chi connectivity index (χ4n) is 2.07. The van der Waals surface area contributed by atoms with Gasteiger partial charge in [0.25, 0.3) is 0 Å². The Balaban J connectivity index is 0.00000144. The van der Waals surface area contributed by atoms with Crippen molar-refractivity contribution in [3.63, 3.8) is 0 Å². The maximum Gasteiger partial charge on any atom is 0.126 e. The number of nitrogens with two attached hydrogens (primary N) is 1. The van der Waals surface area contributed by atoms with Crippen LogP contribution in [0.15, 0.2) is 18.2 Å². The number of rotatable bonds is 2. The minimum atomic E-state index is -0.510. The third kappa shape index (κ3) is 4.22. The van der Waals surface area contributed by atoms with Crippen LogP contribution in [0.3, 0.4) is 0 Å². The second kappa shape index (κ2) is 6.28. The molecule has 0 atom stereocenters. The molecule has 1 saturated heterocycles. The standard InChI is InChI=1S/C12H16F2N2.ClH/c13-10-5-9(6-11(14)7-10)8-16-3-1-12(15)2-4-16;/h5-7,12H,1-4,8,15H2;1H. The average molecular weight is 263 g/mol. The number of hydrogen-bond acceptors (Lipinski definition) is 2. The third-order valence-electron chi connectivity index (χ3n) is 2.96. The lowest BCUT2D eigenvalue weighted by atomic mass is 10.1. The van der Waals surface area contributed by atoms with Gasteiger partial charge in [0, 0.05) is 18.7 Å². The molecule has 96 valence electrons. The van der Waals surface area contributed by atoms with Crippen molar-refractivity contribution in [2.45, 2.75) is 25.4 Å².